The summed E-state index contributed by atoms with van der Waals surface area (Å²) in [7, 11) is 1.90. The zero-order valence-electron chi connectivity index (χ0n) is 16.0. The van der Waals surface area contributed by atoms with Crippen LogP contribution in [0.25, 0.3) is 0 Å². The molecule has 5 nitrogen and oxygen atoms in total. The summed E-state index contributed by atoms with van der Waals surface area (Å²) in [5.41, 5.74) is 2.36. The third-order valence-electron chi connectivity index (χ3n) is 4.22. The highest BCUT2D eigenvalue weighted by Crippen LogP contribution is 2.14. The van der Waals surface area contributed by atoms with Gasteiger partial charge in [0.1, 0.15) is 0 Å². The molecule has 27 heavy (non-hydrogen) atoms. The van der Waals surface area contributed by atoms with Gasteiger partial charge in [-0.05, 0) is 56.8 Å². The van der Waals surface area contributed by atoms with E-state index in [4.69, 9.17) is 0 Å². The third kappa shape index (κ3) is 6.48. The topological polar surface area (TPSA) is 52.7 Å². The summed E-state index contributed by atoms with van der Waals surface area (Å²) in [5.74, 6) is -0.134. The predicted octanol–water partition coefficient (Wildman–Crippen LogP) is 4.00. The molecule has 0 fully saturated rings. The molecule has 0 heterocycles. The first-order chi connectivity index (χ1) is 12.9. The third-order valence-corrected chi connectivity index (χ3v) is 4.75. The maximum Gasteiger partial charge on any atom is 0.253 e. The van der Waals surface area contributed by atoms with E-state index in [0.717, 1.165) is 10.0 Å². The Balaban J connectivity index is 1.94. The van der Waals surface area contributed by atoms with Crippen molar-refractivity contribution in [1.29, 1.82) is 0 Å². The van der Waals surface area contributed by atoms with Crippen molar-refractivity contribution < 1.29 is 9.59 Å². The minimum Gasteiger partial charge on any atom is -0.339 e. The summed E-state index contributed by atoms with van der Waals surface area (Å²) in [6.07, 6.45) is 0. The fraction of sp³-hybridized carbons (Fsp3) is 0.333. The molecular weight excluding hydrogens is 406 g/mol. The van der Waals surface area contributed by atoms with Gasteiger partial charge in [-0.25, -0.2) is 0 Å². The van der Waals surface area contributed by atoms with E-state index in [9.17, 15) is 9.59 Å². The average molecular weight is 432 g/mol. The second kappa shape index (κ2) is 10.2. The highest BCUT2D eigenvalue weighted by atomic mass is 79.9. The summed E-state index contributed by atoms with van der Waals surface area (Å²) in [4.78, 5) is 28.5. The van der Waals surface area contributed by atoms with E-state index >= 15 is 0 Å². The van der Waals surface area contributed by atoms with Crippen molar-refractivity contribution in [3.63, 3.8) is 0 Å². The van der Waals surface area contributed by atoms with Crippen LogP contribution in [-0.2, 0) is 11.3 Å². The molecule has 0 aliphatic heterocycles. The Morgan fingerprint density at radius 1 is 1.04 bits per heavy atom. The van der Waals surface area contributed by atoms with Crippen molar-refractivity contribution in [3.8, 4) is 0 Å². The second-order valence-corrected chi connectivity index (χ2v) is 7.32. The van der Waals surface area contributed by atoms with Crippen molar-refractivity contribution in [2.24, 2.45) is 0 Å². The minimum absolute atomic E-state index is 0.0246. The highest BCUT2D eigenvalue weighted by Gasteiger charge is 2.14. The van der Waals surface area contributed by atoms with Crippen molar-refractivity contribution in [2.45, 2.75) is 20.4 Å². The smallest absolute Gasteiger partial charge is 0.253 e. The molecule has 0 spiro atoms. The molecule has 0 saturated carbocycles. The number of amides is 2. The SMILES string of the molecule is CCN(CC)C(=O)c1cccc(NC(=O)CN(C)Cc2ccc(Br)cc2)c1. The van der Waals surface area contributed by atoms with Crippen LogP contribution in [0.1, 0.15) is 29.8 Å². The van der Waals surface area contributed by atoms with E-state index in [0.29, 0.717) is 30.9 Å². The summed E-state index contributed by atoms with van der Waals surface area (Å²) in [6, 6.07) is 15.1. The summed E-state index contributed by atoms with van der Waals surface area (Å²) in [6.45, 7) is 6.17. The first-order valence-corrected chi connectivity index (χ1v) is 9.84. The number of carbonyl (C=O) groups is 2. The number of hydrogen-bond acceptors (Lipinski definition) is 3. The number of nitrogens with one attached hydrogen (secondary N) is 1. The van der Waals surface area contributed by atoms with Crippen molar-refractivity contribution in [1.82, 2.24) is 9.80 Å². The maximum absolute atomic E-state index is 12.5. The number of rotatable bonds is 8. The molecule has 0 aliphatic carbocycles. The first-order valence-electron chi connectivity index (χ1n) is 9.05. The molecule has 1 N–H and O–H groups in total. The zero-order chi connectivity index (χ0) is 19.8. The molecule has 6 heteroatoms. The van der Waals surface area contributed by atoms with Crippen LogP contribution in [-0.4, -0.2) is 48.3 Å². The Bertz CT molecular complexity index is 773. The summed E-state index contributed by atoms with van der Waals surface area (Å²) in [5, 5.41) is 2.88. The number of hydrogen-bond donors (Lipinski definition) is 1. The largest absolute Gasteiger partial charge is 0.339 e. The van der Waals surface area contributed by atoms with Gasteiger partial charge in [-0.3, -0.25) is 14.5 Å². The molecule has 2 rings (SSSR count). The summed E-state index contributed by atoms with van der Waals surface area (Å²) < 4.78 is 1.03. The minimum atomic E-state index is -0.109. The van der Waals surface area contributed by atoms with Crippen molar-refractivity contribution >= 4 is 33.4 Å². The van der Waals surface area contributed by atoms with Gasteiger partial charge in [-0.2, -0.15) is 0 Å². The van der Waals surface area contributed by atoms with Gasteiger partial charge in [0.05, 0.1) is 6.54 Å². The van der Waals surface area contributed by atoms with Crippen LogP contribution in [0.4, 0.5) is 5.69 Å². The number of likely N-dealkylation sites (N-methyl/N-ethyl adjacent to an activating group) is 1. The van der Waals surface area contributed by atoms with Gasteiger partial charge in [0, 0.05) is 35.4 Å². The molecule has 0 atom stereocenters. The Hall–Kier alpha value is -2.18. The van der Waals surface area contributed by atoms with Crippen LogP contribution in [0.2, 0.25) is 0 Å². The standard InChI is InChI=1S/C21H26BrN3O2/c1-4-25(5-2)21(27)17-7-6-8-19(13-17)23-20(26)15-24(3)14-16-9-11-18(22)12-10-16/h6-13H,4-5,14-15H2,1-3H3,(H,23,26). The van der Waals surface area contributed by atoms with Crippen molar-refractivity contribution in [2.75, 3.05) is 32.0 Å². The number of halogens is 1. The molecular formula is C21H26BrN3O2. The second-order valence-electron chi connectivity index (χ2n) is 6.41. The quantitative estimate of drug-likeness (QED) is 0.686. The van der Waals surface area contributed by atoms with E-state index in [2.05, 4.69) is 21.2 Å². The molecule has 2 aromatic carbocycles. The Labute approximate surface area is 169 Å². The lowest BCUT2D eigenvalue weighted by Gasteiger charge is -2.19. The molecule has 0 aliphatic rings. The normalized spacial score (nSPS) is 10.7. The monoisotopic (exact) mass is 431 g/mol. The van der Waals surface area contributed by atoms with Gasteiger partial charge in [0.2, 0.25) is 5.91 Å². The molecule has 2 amide bonds. The van der Waals surface area contributed by atoms with Crippen LogP contribution >= 0.6 is 15.9 Å². The van der Waals surface area contributed by atoms with Gasteiger partial charge < -0.3 is 10.2 Å². The Kier molecular flexibility index (Phi) is 8.00. The van der Waals surface area contributed by atoms with E-state index in [-0.39, 0.29) is 18.4 Å². The highest BCUT2D eigenvalue weighted by molar-refractivity contribution is 9.10. The van der Waals surface area contributed by atoms with Crippen molar-refractivity contribution in [3.05, 3.63) is 64.1 Å². The number of benzene rings is 2. The predicted molar refractivity (Wildman–Crippen MR) is 113 cm³/mol. The summed E-state index contributed by atoms with van der Waals surface area (Å²) >= 11 is 3.42. The van der Waals surface area contributed by atoms with Crippen LogP contribution < -0.4 is 5.32 Å². The van der Waals surface area contributed by atoms with Gasteiger partial charge in [-0.15, -0.1) is 0 Å². The van der Waals surface area contributed by atoms with Gasteiger partial charge >= 0.3 is 0 Å². The molecule has 0 unspecified atom stereocenters. The van der Waals surface area contributed by atoms with Crippen LogP contribution in [0.15, 0.2) is 53.0 Å². The average Bonchev–Trinajstić information content (AvgIpc) is 2.64. The van der Waals surface area contributed by atoms with Crippen LogP contribution in [0, 0.1) is 0 Å². The van der Waals surface area contributed by atoms with Crippen LogP contribution in [0.3, 0.4) is 0 Å². The molecule has 2 aromatic rings. The Morgan fingerprint density at radius 2 is 1.70 bits per heavy atom. The first kappa shape index (κ1) is 21.1. The molecule has 0 saturated heterocycles. The Morgan fingerprint density at radius 3 is 2.33 bits per heavy atom. The van der Waals surface area contributed by atoms with E-state index in [1.165, 1.54) is 0 Å². The van der Waals surface area contributed by atoms with E-state index in [1.54, 1.807) is 29.2 Å². The number of anilines is 1. The lowest BCUT2D eigenvalue weighted by molar-refractivity contribution is -0.117. The molecule has 144 valence electrons. The lowest BCUT2D eigenvalue weighted by atomic mass is 10.1. The fourth-order valence-electron chi connectivity index (χ4n) is 2.83. The maximum atomic E-state index is 12.5. The lowest BCUT2D eigenvalue weighted by Crippen LogP contribution is -2.31. The molecule has 0 radical (unpaired) electrons. The van der Waals surface area contributed by atoms with Gasteiger partial charge in [0.15, 0.2) is 0 Å². The molecule has 0 bridgehead atoms. The number of carbonyl (C=O) groups excluding carboxylic acids is 2. The zero-order valence-corrected chi connectivity index (χ0v) is 17.6. The fourth-order valence-corrected chi connectivity index (χ4v) is 3.09. The van der Waals surface area contributed by atoms with E-state index in [1.807, 2.05) is 50.1 Å². The molecule has 0 aromatic heterocycles. The number of nitrogens with zero attached hydrogens (tertiary/aromatic N) is 2. The van der Waals surface area contributed by atoms with Crippen LogP contribution in [0.5, 0.6) is 0 Å². The van der Waals surface area contributed by atoms with Gasteiger partial charge in [-0.1, -0.05) is 34.1 Å². The van der Waals surface area contributed by atoms with E-state index < -0.39 is 0 Å². The van der Waals surface area contributed by atoms with Gasteiger partial charge in [0.25, 0.3) is 5.91 Å².